The molecule has 0 fully saturated rings. The van der Waals surface area contributed by atoms with Crippen LogP contribution in [0.1, 0.15) is 29.3 Å². The van der Waals surface area contributed by atoms with Crippen LogP contribution in [0.3, 0.4) is 0 Å². The van der Waals surface area contributed by atoms with Crippen LogP contribution in [-0.4, -0.2) is 15.7 Å². The molecule has 2 aromatic rings. The number of benzene rings is 1. The minimum absolute atomic E-state index is 0.0845. The molecular formula is C15H15F3N2O2. The van der Waals surface area contributed by atoms with Crippen molar-refractivity contribution in [3.8, 4) is 5.88 Å². The van der Waals surface area contributed by atoms with E-state index in [1.165, 1.54) is 17.7 Å². The molecule has 1 aromatic carbocycles. The Hall–Kier alpha value is -2.31. The number of halogens is 3. The smallest absolute Gasteiger partial charge is 0.408 e. The number of aromatic nitrogens is 2. The largest absolute Gasteiger partial charge is 0.416 e. The van der Waals surface area contributed by atoms with Crippen molar-refractivity contribution in [2.75, 3.05) is 0 Å². The van der Waals surface area contributed by atoms with Crippen LogP contribution in [-0.2, 0) is 17.5 Å². The topological polar surface area (TPSA) is 44.1 Å². The maximum absolute atomic E-state index is 12.7. The quantitative estimate of drug-likeness (QED) is 0.815. The molecule has 4 nitrogen and oxygen atoms in total. The predicted molar refractivity (Wildman–Crippen MR) is 73.6 cm³/mol. The van der Waals surface area contributed by atoms with Crippen LogP contribution in [0.5, 0.6) is 5.88 Å². The zero-order chi connectivity index (χ0) is 16.5. The normalized spacial score (nSPS) is 11.5. The average molecular weight is 312 g/mol. The van der Waals surface area contributed by atoms with Crippen LogP contribution < -0.4 is 4.74 Å². The first kappa shape index (κ1) is 16.1. The molecule has 0 N–H and O–H groups in total. The van der Waals surface area contributed by atoms with E-state index < -0.39 is 17.7 Å². The standard InChI is InChI=1S/C15H15F3N2O2/c1-9-10(2)19-20(14(9)22-11(3)21)8-12-5-4-6-13(7-12)15(16,17)18/h4-7H,8H2,1-3H3. The minimum Gasteiger partial charge on any atom is -0.408 e. The number of carbonyl (C=O) groups excluding carboxylic acids is 1. The van der Waals surface area contributed by atoms with E-state index in [0.717, 1.165) is 12.1 Å². The van der Waals surface area contributed by atoms with Gasteiger partial charge in [0.15, 0.2) is 0 Å². The van der Waals surface area contributed by atoms with Crippen LogP contribution in [0.4, 0.5) is 13.2 Å². The van der Waals surface area contributed by atoms with Crippen molar-refractivity contribution in [3.63, 3.8) is 0 Å². The molecule has 0 spiro atoms. The zero-order valence-corrected chi connectivity index (χ0v) is 12.4. The van der Waals surface area contributed by atoms with E-state index in [1.807, 2.05) is 0 Å². The molecule has 22 heavy (non-hydrogen) atoms. The average Bonchev–Trinajstić information content (AvgIpc) is 2.65. The molecule has 1 heterocycles. The highest BCUT2D eigenvalue weighted by molar-refractivity contribution is 5.69. The van der Waals surface area contributed by atoms with Gasteiger partial charge >= 0.3 is 12.1 Å². The Morgan fingerprint density at radius 3 is 2.59 bits per heavy atom. The van der Waals surface area contributed by atoms with Crippen molar-refractivity contribution in [2.24, 2.45) is 0 Å². The first-order valence-corrected chi connectivity index (χ1v) is 6.57. The van der Waals surface area contributed by atoms with Crippen LogP contribution in [0, 0.1) is 13.8 Å². The van der Waals surface area contributed by atoms with Gasteiger partial charge in [-0.2, -0.15) is 18.3 Å². The van der Waals surface area contributed by atoms with Gasteiger partial charge in [0.2, 0.25) is 5.88 Å². The molecule has 2 rings (SSSR count). The van der Waals surface area contributed by atoms with Gasteiger partial charge in [-0.25, -0.2) is 4.68 Å². The molecule has 0 unspecified atom stereocenters. The number of carbonyl (C=O) groups is 1. The summed E-state index contributed by atoms with van der Waals surface area (Å²) in [5.41, 5.74) is 1.04. The molecular weight excluding hydrogens is 297 g/mol. The van der Waals surface area contributed by atoms with Crippen LogP contribution in [0.2, 0.25) is 0 Å². The molecule has 7 heteroatoms. The van der Waals surface area contributed by atoms with Crippen molar-refractivity contribution in [3.05, 3.63) is 46.6 Å². The Balaban J connectivity index is 2.35. The molecule has 0 aliphatic rings. The number of rotatable bonds is 3. The second-order valence-corrected chi connectivity index (χ2v) is 4.96. The van der Waals surface area contributed by atoms with Gasteiger partial charge in [-0.1, -0.05) is 12.1 Å². The Bertz CT molecular complexity index is 705. The highest BCUT2D eigenvalue weighted by Gasteiger charge is 2.30. The van der Waals surface area contributed by atoms with Gasteiger partial charge in [0.1, 0.15) is 0 Å². The number of hydrogen-bond acceptors (Lipinski definition) is 3. The second kappa shape index (κ2) is 5.82. The summed E-state index contributed by atoms with van der Waals surface area (Å²) in [4.78, 5) is 11.2. The van der Waals surface area contributed by atoms with E-state index in [0.29, 0.717) is 16.8 Å². The summed E-state index contributed by atoms with van der Waals surface area (Å²) in [6.45, 7) is 4.83. The van der Waals surface area contributed by atoms with E-state index in [9.17, 15) is 18.0 Å². The summed E-state index contributed by atoms with van der Waals surface area (Å²) in [6, 6.07) is 4.98. The van der Waals surface area contributed by atoms with Crippen LogP contribution >= 0.6 is 0 Å². The molecule has 0 radical (unpaired) electrons. The summed E-state index contributed by atoms with van der Waals surface area (Å²) < 4.78 is 44.7. The number of ether oxygens (including phenoxy) is 1. The highest BCUT2D eigenvalue weighted by Crippen LogP contribution is 2.30. The lowest BCUT2D eigenvalue weighted by atomic mass is 10.1. The van der Waals surface area contributed by atoms with Gasteiger partial charge in [-0.05, 0) is 31.5 Å². The molecule has 0 bridgehead atoms. The number of hydrogen-bond donors (Lipinski definition) is 0. The lowest BCUT2D eigenvalue weighted by Gasteiger charge is -2.10. The lowest BCUT2D eigenvalue weighted by Crippen LogP contribution is -2.11. The van der Waals surface area contributed by atoms with Crippen molar-refractivity contribution >= 4 is 5.97 Å². The molecule has 0 atom stereocenters. The van der Waals surface area contributed by atoms with Gasteiger partial charge in [-0.15, -0.1) is 0 Å². The van der Waals surface area contributed by atoms with Gasteiger partial charge in [0.25, 0.3) is 0 Å². The Kier molecular flexibility index (Phi) is 4.25. The van der Waals surface area contributed by atoms with Gasteiger partial charge in [0.05, 0.1) is 17.8 Å². The third kappa shape index (κ3) is 3.47. The summed E-state index contributed by atoms with van der Waals surface area (Å²) in [6.07, 6.45) is -4.40. The van der Waals surface area contributed by atoms with E-state index in [-0.39, 0.29) is 12.4 Å². The molecule has 1 aromatic heterocycles. The number of alkyl halides is 3. The maximum Gasteiger partial charge on any atom is 0.416 e. The summed E-state index contributed by atoms with van der Waals surface area (Å²) >= 11 is 0. The Morgan fingerprint density at radius 1 is 1.32 bits per heavy atom. The monoisotopic (exact) mass is 312 g/mol. The Morgan fingerprint density at radius 2 is 2.00 bits per heavy atom. The molecule has 0 saturated carbocycles. The van der Waals surface area contributed by atoms with Gasteiger partial charge in [-0.3, -0.25) is 4.79 Å². The molecule has 0 aliphatic carbocycles. The fourth-order valence-electron chi connectivity index (χ4n) is 2.04. The van der Waals surface area contributed by atoms with Crippen molar-refractivity contribution in [2.45, 2.75) is 33.5 Å². The molecule has 0 saturated heterocycles. The predicted octanol–water partition coefficient (Wildman–Crippen LogP) is 3.49. The SMILES string of the molecule is CC(=O)Oc1c(C)c(C)nn1Cc1cccc(C(F)(F)F)c1. The second-order valence-electron chi connectivity index (χ2n) is 4.96. The third-order valence-corrected chi connectivity index (χ3v) is 3.20. The Labute approximate surface area is 125 Å². The highest BCUT2D eigenvalue weighted by atomic mass is 19.4. The number of esters is 1. The fourth-order valence-corrected chi connectivity index (χ4v) is 2.04. The molecule has 0 aliphatic heterocycles. The summed E-state index contributed by atoms with van der Waals surface area (Å²) in [5, 5.41) is 4.21. The maximum atomic E-state index is 12.7. The van der Waals surface area contributed by atoms with Crippen molar-refractivity contribution in [1.29, 1.82) is 0 Å². The van der Waals surface area contributed by atoms with E-state index >= 15 is 0 Å². The molecule has 118 valence electrons. The van der Waals surface area contributed by atoms with Gasteiger partial charge < -0.3 is 4.74 Å². The third-order valence-electron chi connectivity index (χ3n) is 3.20. The minimum atomic E-state index is -4.40. The number of nitrogens with zero attached hydrogens (tertiary/aromatic N) is 2. The zero-order valence-electron chi connectivity index (χ0n) is 12.4. The van der Waals surface area contributed by atoms with Crippen molar-refractivity contribution in [1.82, 2.24) is 9.78 Å². The van der Waals surface area contributed by atoms with Crippen LogP contribution in [0.25, 0.3) is 0 Å². The molecule has 0 amide bonds. The van der Waals surface area contributed by atoms with Gasteiger partial charge in [0, 0.05) is 12.5 Å². The van der Waals surface area contributed by atoms with Crippen LogP contribution in [0.15, 0.2) is 24.3 Å². The summed E-state index contributed by atoms with van der Waals surface area (Å²) in [5.74, 6) is -0.254. The fraction of sp³-hybridized carbons (Fsp3) is 0.333. The number of aryl methyl sites for hydroxylation is 1. The summed E-state index contributed by atoms with van der Waals surface area (Å²) in [7, 11) is 0. The van der Waals surface area contributed by atoms with E-state index in [1.54, 1.807) is 19.9 Å². The first-order chi connectivity index (χ1) is 10.2. The van der Waals surface area contributed by atoms with E-state index in [2.05, 4.69) is 5.10 Å². The first-order valence-electron chi connectivity index (χ1n) is 6.57. The lowest BCUT2D eigenvalue weighted by molar-refractivity contribution is -0.137. The van der Waals surface area contributed by atoms with E-state index in [4.69, 9.17) is 4.74 Å². The van der Waals surface area contributed by atoms with Crippen molar-refractivity contribution < 1.29 is 22.7 Å².